The highest BCUT2D eigenvalue weighted by atomic mass is 35.5. The SMILES string of the molecule is Cc1cc(OCC(=O)Nc2nnc(SCc3ccccc3F)s2)c(C(C)C)cc1Cl. The van der Waals surface area contributed by atoms with Gasteiger partial charge in [0.2, 0.25) is 5.13 Å². The van der Waals surface area contributed by atoms with Crippen molar-refractivity contribution in [3.05, 3.63) is 63.9 Å². The molecule has 0 saturated carbocycles. The van der Waals surface area contributed by atoms with Crippen LogP contribution in [-0.4, -0.2) is 22.7 Å². The molecule has 2 aromatic carbocycles. The Bertz CT molecular complexity index is 1040. The lowest BCUT2D eigenvalue weighted by Crippen LogP contribution is -2.20. The Kier molecular flexibility index (Phi) is 7.69. The van der Waals surface area contributed by atoms with E-state index in [0.717, 1.165) is 11.1 Å². The zero-order chi connectivity index (χ0) is 21.7. The molecule has 1 aromatic heterocycles. The van der Waals surface area contributed by atoms with Gasteiger partial charge in [-0.1, -0.05) is 66.7 Å². The molecule has 0 saturated heterocycles. The highest BCUT2D eigenvalue weighted by molar-refractivity contribution is 8.00. The van der Waals surface area contributed by atoms with Crippen LogP contribution in [0.4, 0.5) is 9.52 Å². The largest absolute Gasteiger partial charge is 0.483 e. The third-order valence-corrected chi connectivity index (χ3v) is 6.66. The van der Waals surface area contributed by atoms with E-state index in [2.05, 4.69) is 15.5 Å². The molecule has 0 unspecified atom stereocenters. The van der Waals surface area contributed by atoms with Gasteiger partial charge in [-0.05, 0) is 47.7 Å². The quantitative estimate of drug-likeness (QED) is 0.323. The Morgan fingerprint density at radius 1 is 1.30 bits per heavy atom. The van der Waals surface area contributed by atoms with E-state index in [1.807, 2.05) is 32.9 Å². The van der Waals surface area contributed by atoms with Gasteiger partial charge in [-0.25, -0.2) is 4.39 Å². The molecular weight excluding hydrogens is 445 g/mol. The lowest BCUT2D eigenvalue weighted by atomic mass is 10.0. The fourth-order valence-electron chi connectivity index (χ4n) is 2.62. The highest BCUT2D eigenvalue weighted by Crippen LogP contribution is 2.32. The summed E-state index contributed by atoms with van der Waals surface area (Å²) < 4.78 is 20.1. The fourth-order valence-corrected chi connectivity index (χ4v) is 4.55. The predicted octanol–water partition coefficient (Wildman–Crippen LogP) is 6.07. The normalized spacial score (nSPS) is 11.0. The molecule has 158 valence electrons. The highest BCUT2D eigenvalue weighted by Gasteiger charge is 2.14. The number of nitrogens with one attached hydrogen (secondary N) is 1. The number of hydrogen-bond acceptors (Lipinski definition) is 6. The number of nitrogens with zero attached hydrogens (tertiary/aromatic N) is 2. The van der Waals surface area contributed by atoms with Gasteiger partial charge in [0.15, 0.2) is 10.9 Å². The molecule has 0 aliphatic heterocycles. The van der Waals surface area contributed by atoms with Gasteiger partial charge in [-0.2, -0.15) is 0 Å². The number of anilines is 1. The average molecular weight is 466 g/mol. The van der Waals surface area contributed by atoms with E-state index in [-0.39, 0.29) is 24.2 Å². The molecule has 30 heavy (non-hydrogen) atoms. The number of thioether (sulfide) groups is 1. The maximum atomic E-state index is 13.7. The fraction of sp³-hybridized carbons (Fsp3) is 0.286. The molecule has 3 rings (SSSR count). The summed E-state index contributed by atoms with van der Waals surface area (Å²) in [5, 5.41) is 11.7. The van der Waals surface area contributed by atoms with Crippen LogP contribution in [0.3, 0.4) is 0 Å². The molecule has 5 nitrogen and oxygen atoms in total. The van der Waals surface area contributed by atoms with Gasteiger partial charge in [0.05, 0.1) is 0 Å². The number of carbonyl (C=O) groups is 1. The van der Waals surface area contributed by atoms with Crippen LogP contribution < -0.4 is 10.1 Å². The van der Waals surface area contributed by atoms with Crippen molar-refractivity contribution < 1.29 is 13.9 Å². The summed E-state index contributed by atoms with van der Waals surface area (Å²) in [7, 11) is 0. The summed E-state index contributed by atoms with van der Waals surface area (Å²) in [4.78, 5) is 12.3. The van der Waals surface area contributed by atoms with Gasteiger partial charge in [0.1, 0.15) is 11.6 Å². The van der Waals surface area contributed by atoms with Crippen LogP contribution >= 0.6 is 34.7 Å². The van der Waals surface area contributed by atoms with Crippen molar-refractivity contribution in [2.45, 2.75) is 36.8 Å². The lowest BCUT2D eigenvalue weighted by molar-refractivity contribution is -0.118. The van der Waals surface area contributed by atoms with E-state index in [4.69, 9.17) is 16.3 Å². The standard InChI is InChI=1S/C21H21ClFN3O2S2/c1-12(2)15-9-16(22)13(3)8-18(15)28-10-19(27)24-20-25-26-21(30-20)29-11-14-6-4-5-7-17(14)23/h4-9,12H,10-11H2,1-3H3,(H,24,25,27). The van der Waals surface area contributed by atoms with Crippen molar-refractivity contribution in [2.75, 3.05) is 11.9 Å². The van der Waals surface area contributed by atoms with Crippen LogP contribution in [0.25, 0.3) is 0 Å². The molecule has 0 aliphatic rings. The maximum absolute atomic E-state index is 13.7. The number of amides is 1. The third-order valence-electron chi connectivity index (χ3n) is 4.23. The molecule has 0 radical (unpaired) electrons. The number of aryl methyl sites for hydroxylation is 1. The van der Waals surface area contributed by atoms with E-state index in [1.54, 1.807) is 18.2 Å². The van der Waals surface area contributed by atoms with Crippen molar-refractivity contribution in [2.24, 2.45) is 0 Å². The molecule has 3 aromatic rings. The summed E-state index contributed by atoms with van der Waals surface area (Å²) in [6.45, 7) is 5.81. The van der Waals surface area contributed by atoms with Crippen LogP contribution in [0.2, 0.25) is 5.02 Å². The van der Waals surface area contributed by atoms with Gasteiger partial charge in [0, 0.05) is 10.8 Å². The minimum absolute atomic E-state index is 0.155. The van der Waals surface area contributed by atoms with E-state index < -0.39 is 0 Å². The first-order valence-corrected chi connectivity index (χ1v) is 11.4. The maximum Gasteiger partial charge on any atom is 0.264 e. The van der Waals surface area contributed by atoms with Gasteiger partial charge < -0.3 is 4.74 Å². The molecule has 1 heterocycles. The molecule has 0 aliphatic carbocycles. The topological polar surface area (TPSA) is 64.1 Å². The number of hydrogen-bond donors (Lipinski definition) is 1. The smallest absolute Gasteiger partial charge is 0.264 e. The molecule has 0 fully saturated rings. The summed E-state index contributed by atoms with van der Waals surface area (Å²) in [6.07, 6.45) is 0. The van der Waals surface area contributed by atoms with Crippen molar-refractivity contribution in [1.82, 2.24) is 10.2 Å². The van der Waals surface area contributed by atoms with Gasteiger partial charge in [0.25, 0.3) is 5.91 Å². The Hall–Kier alpha value is -2.16. The van der Waals surface area contributed by atoms with Crippen LogP contribution in [0.1, 0.15) is 36.5 Å². The van der Waals surface area contributed by atoms with Crippen LogP contribution in [0.5, 0.6) is 5.75 Å². The lowest BCUT2D eigenvalue weighted by Gasteiger charge is -2.15. The second-order valence-electron chi connectivity index (χ2n) is 6.88. The zero-order valence-corrected chi connectivity index (χ0v) is 19.1. The van der Waals surface area contributed by atoms with Gasteiger partial charge in [-0.15, -0.1) is 10.2 Å². The van der Waals surface area contributed by atoms with E-state index >= 15 is 0 Å². The number of benzene rings is 2. The van der Waals surface area contributed by atoms with Crippen molar-refractivity contribution in [3.8, 4) is 5.75 Å². The summed E-state index contributed by atoms with van der Waals surface area (Å²) >= 11 is 8.80. The Labute approximate surface area is 188 Å². The van der Waals surface area contributed by atoms with E-state index in [1.165, 1.54) is 29.2 Å². The van der Waals surface area contributed by atoms with Crippen molar-refractivity contribution in [3.63, 3.8) is 0 Å². The second kappa shape index (κ2) is 10.2. The van der Waals surface area contributed by atoms with Gasteiger partial charge >= 0.3 is 0 Å². The minimum atomic E-state index is -0.334. The number of halogens is 2. The number of ether oxygens (including phenoxy) is 1. The first-order chi connectivity index (χ1) is 14.3. The molecule has 0 spiro atoms. The summed E-state index contributed by atoms with van der Waals surface area (Å²) in [5.41, 5.74) is 2.43. The van der Waals surface area contributed by atoms with Crippen LogP contribution in [0.15, 0.2) is 40.7 Å². The monoisotopic (exact) mass is 465 g/mol. The zero-order valence-electron chi connectivity index (χ0n) is 16.7. The predicted molar refractivity (Wildman–Crippen MR) is 120 cm³/mol. The molecule has 0 atom stereocenters. The minimum Gasteiger partial charge on any atom is -0.483 e. The first kappa shape index (κ1) is 22.5. The van der Waals surface area contributed by atoms with Crippen molar-refractivity contribution >= 4 is 45.7 Å². The van der Waals surface area contributed by atoms with E-state index in [9.17, 15) is 9.18 Å². The Morgan fingerprint density at radius 3 is 2.80 bits per heavy atom. The van der Waals surface area contributed by atoms with Gasteiger partial charge in [-0.3, -0.25) is 10.1 Å². The van der Waals surface area contributed by atoms with Crippen molar-refractivity contribution in [1.29, 1.82) is 0 Å². The average Bonchev–Trinajstić information content (AvgIpc) is 3.15. The number of aromatic nitrogens is 2. The number of carbonyl (C=O) groups excluding carboxylic acids is 1. The Balaban J connectivity index is 1.55. The molecule has 0 bridgehead atoms. The summed E-state index contributed by atoms with van der Waals surface area (Å²) in [5.74, 6) is 0.697. The Morgan fingerprint density at radius 2 is 2.07 bits per heavy atom. The van der Waals surface area contributed by atoms with Crippen LogP contribution in [0, 0.1) is 12.7 Å². The molecule has 1 N–H and O–H groups in total. The molecule has 9 heteroatoms. The second-order valence-corrected chi connectivity index (χ2v) is 9.49. The summed E-state index contributed by atoms with van der Waals surface area (Å²) in [6, 6.07) is 10.3. The van der Waals surface area contributed by atoms with E-state index in [0.29, 0.717) is 31.6 Å². The van der Waals surface area contributed by atoms with Crippen LogP contribution in [-0.2, 0) is 10.5 Å². The molecule has 1 amide bonds. The number of rotatable bonds is 8. The molecular formula is C21H21ClFN3O2S2. The first-order valence-electron chi connectivity index (χ1n) is 9.26. The third kappa shape index (κ3) is 5.93.